The van der Waals surface area contributed by atoms with Crippen molar-refractivity contribution in [2.75, 3.05) is 47.8 Å². The highest BCUT2D eigenvalue weighted by Gasteiger charge is 2.30. The van der Waals surface area contributed by atoms with Crippen molar-refractivity contribution >= 4 is 122 Å². The van der Waals surface area contributed by atoms with E-state index in [9.17, 15) is 35.6 Å². The van der Waals surface area contributed by atoms with E-state index in [2.05, 4.69) is 15.4 Å². The molecule has 0 bridgehead atoms. The van der Waals surface area contributed by atoms with E-state index < -0.39 is 27.6 Å². The number of pyridine rings is 2. The van der Waals surface area contributed by atoms with E-state index in [0.29, 0.717) is 117 Å². The molecule has 0 radical (unpaired) electrons. The fourth-order valence-corrected chi connectivity index (χ4v) is 13.2. The van der Waals surface area contributed by atoms with Crippen molar-refractivity contribution < 1.29 is 64.8 Å². The fourth-order valence-electron chi connectivity index (χ4n) is 10.9. The Balaban J connectivity index is 0.000000185. The summed E-state index contributed by atoms with van der Waals surface area (Å²) in [5.74, 6) is 0.768. The van der Waals surface area contributed by atoms with Crippen molar-refractivity contribution in [2.24, 2.45) is 0 Å². The van der Waals surface area contributed by atoms with Gasteiger partial charge in [-0.15, -0.1) is 23.2 Å². The van der Waals surface area contributed by atoms with Crippen molar-refractivity contribution in [1.29, 1.82) is 0 Å². The maximum atomic E-state index is 14.7. The second-order valence-corrected chi connectivity index (χ2v) is 24.7. The average molecular weight is 1370 g/mol. The molecule has 0 aliphatic carbocycles. The Morgan fingerprint density at radius 2 is 1.06 bits per heavy atom. The minimum atomic E-state index is -3.86. The molecule has 27 heteroatoms. The Labute approximate surface area is 546 Å². The molecule has 0 saturated carbocycles. The highest BCUT2D eigenvalue weighted by molar-refractivity contribution is 8.21. The first kappa shape index (κ1) is 66.6. The molecule has 12 aromatic rings. The van der Waals surface area contributed by atoms with Gasteiger partial charge in [0.2, 0.25) is 10.0 Å². The summed E-state index contributed by atoms with van der Waals surface area (Å²) in [6.07, 6.45) is 1.23. The number of carbonyl (C=O) groups is 2. The summed E-state index contributed by atoms with van der Waals surface area (Å²) in [6.45, 7) is 0.394. The second kappa shape index (κ2) is 27.9. The number of ether oxygens (including phenoxy) is 2. The van der Waals surface area contributed by atoms with Gasteiger partial charge in [0.25, 0.3) is 11.8 Å². The number of alkyl halides is 2. The highest BCUT2D eigenvalue weighted by atomic mass is 35.7. The summed E-state index contributed by atoms with van der Waals surface area (Å²) in [4.78, 5) is 36.0. The monoisotopic (exact) mass is 1360 g/mol. The number of hydrogen-bond donors (Lipinski definition) is 4. The van der Waals surface area contributed by atoms with Crippen LogP contribution in [-0.4, -0.2) is 87.6 Å². The van der Waals surface area contributed by atoms with Crippen LogP contribution in [0.5, 0.6) is 11.5 Å². The lowest BCUT2D eigenvalue weighted by molar-refractivity contribution is 0.0956. The van der Waals surface area contributed by atoms with E-state index in [-0.39, 0.29) is 82.6 Å². The number of benzene rings is 6. The number of nitrogens with one attached hydrogen (secondary N) is 3. The van der Waals surface area contributed by atoms with Crippen molar-refractivity contribution in [3.63, 3.8) is 0 Å². The van der Waals surface area contributed by atoms with Crippen LogP contribution in [0, 0.1) is 23.3 Å². The normalized spacial score (nSPS) is 11.9. The number of aromatic nitrogens is 4. The Kier molecular flexibility index (Phi) is 20.0. The van der Waals surface area contributed by atoms with E-state index in [1.54, 1.807) is 84.9 Å². The molecule has 18 nitrogen and oxygen atoms in total. The lowest BCUT2D eigenvalue weighted by Gasteiger charge is -2.21. The molecule has 480 valence electrons. The zero-order valence-electron chi connectivity index (χ0n) is 49.1. The molecule has 0 unspecified atom stereocenters. The van der Waals surface area contributed by atoms with E-state index in [1.165, 1.54) is 79.7 Å². The number of carbonyl (C=O) groups excluding carboxylic acids is 2. The first-order valence-corrected chi connectivity index (χ1v) is 32.7. The van der Waals surface area contributed by atoms with Crippen LogP contribution in [0.1, 0.15) is 33.6 Å². The predicted molar refractivity (Wildman–Crippen MR) is 358 cm³/mol. The Morgan fingerprint density at radius 3 is 1.52 bits per heavy atom. The molecule has 0 atom stereocenters. The summed E-state index contributed by atoms with van der Waals surface area (Å²) < 4.78 is 113. The first-order valence-electron chi connectivity index (χ1n) is 28.1. The zero-order chi connectivity index (χ0) is 63.8. The number of nitrogen functional groups attached to an aromatic ring is 1. The molecule has 2 aliphatic heterocycles. The number of halogens is 7. The molecule has 93 heavy (non-hydrogen) atoms. The molecule has 8 heterocycles. The van der Waals surface area contributed by atoms with Gasteiger partial charge in [-0.05, 0) is 145 Å². The Bertz CT molecular complexity index is 4950. The minimum Gasteiger partial charge on any atom is -0.470 e. The predicted octanol–water partition coefficient (Wildman–Crippen LogP) is 14.3. The van der Waals surface area contributed by atoms with E-state index >= 15 is 0 Å². The smallest absolute Gasteiger partial charge is 0.255 e. The number of furan rings is 2. The Morgan fingerprint density at radius 1 is 0.602 bits per heavy atom. The van der Waals surface area contributed by atoms with Gasteiger partial charge < -0.3 is 54.8 Å². The van der Waals surface area contributed by atoms with E-state index in [0.717, 1.165) is 23.7 Å². The standard InChI is InChI=1S/C33H25ClF2N4O5S.C30H20F2N4O3.C3H6Cl2S.2H2O/c1-37-33(41)30-22-14-21(24-10-11-28-31(38-24)27-15-20-23(36)4-2-5-26(20)40(27)17-44-28)25(39-46(42,43)13-3-12-34)16-29(22)45-32(30)18-6-8-19(35)9-7-18;1-34-30(37)27-19-11-18(21(33)13-26(19)39-29(27)15-5-7-16(31)8-6-15)22-9-10-25-28(35-22)24-12-17-20(32)3-2-4-23(17)36(24)14-38-25;4-2-1-3-6-5;;/h2,4-11,14-16,39H,3,12-13,17H2,1H3,(H,37,41);2-13H,14,33H2,1H3,(H,34,37);1-3H2;2*1H2. The summed E-state index contributed by atoms with van der Waals surface area (Å²) in [7, 11) is 5.70. The third-order valence-electron chi connectivity index (χ3n) is 15.2. The molecule has 6 aromatic carbocycles. The van der Waals surface area contributed by atoms with Gasteiger partial charge >= 0.3 is 0 Å². The molecule has 2 aliphatic rings. The van der Waals surface area contributed by atoms with Gasteiger partial charge in [0.05, 0.1) is 56.4 Å². The number of fused-ring (bicyclic) bond motifs is 12. The molecule has 0 fully saturated rings. The Hall–Kier alpha value is -9.27. The molecular formula is C66H55Cl3F4N8O10S2. The van der Waals surface area contributed by atoms with Crippen molar-refractivity contribution in [1.82, 2.24) is 29.7 Å². The maximum Gasteiger partial charge on any atom is 0.255 e. The third-order valence-corrected chi connectivity index (χ3v) is 18.0. The van der Waals surface area contributed by atoms with Crippen LogP contribution in [0.2, 0.25) is 0 Å². The summed E-state index contributed by atoms with van der Waals surface area (Å²) in [6, 6.07) is 37.9. The number of hydrogen-bond acceptors (Lipinski definition) is 12. The molecule has 0 spiro atoms. The van der Waals surface area contributed by atoms with Crippen LogP contribution in [0.25, 0.3) is 112 Å². The van der Waals surface area contributed by atoms with Gasteiger partial charge in [0, 0.05) is 93.2 Å². The maximum absolute atomic E-state index is 14.7. The quantitative estimate of drug-likeness (QED) is 0.0342. The number of anilines is 2. The lowest BCUT2D eigenvalue weighted by Crippen LogP contribution is -2.18. The first-order chi connectivity index (χ1) is 44.0. The van der Waals surface area contributed by atoms with E-state index in [4.69, 9.17) is 67.9 Å². The van der Waals surface area contributed by atoms with Crippen LogP contribution < -0.4 is 30.6 Å². The van der Waals surface area contributed by atoms with Crippen molar-refractivity contribution in [2.45, 2.75) is 26.3 Å². The van der Waals surface area contributed by atoms with Crippen LogP contribution in [0.4, 0.5) is 28.9 Å². The highest BCUT2D eigenvalue weighted by Crippen LogP contribution is 2.45. The fraction of sp³-hybridized carbons (Fsp3) is 0.152. The molecule has 14 rings (SSSR count). The van der Waals surface area contributed by atoms with Crippen LogP contribution in [-0.2, 0) is 23.5 Å². The molecule has 9 N–H and O–H groups in total. The number of nitrogens with zero attached hydrogens (tertiary/aromatic N) is 4. The number of sulfonamides is 1. The van der Waals surface area contributed by atoms with Gasteiger partial charge in [-0.3, -0.25) is 14.3 Å². The summed E-state index contributed by atoms with van der Waals surface area (Å²) in [5, 5.41) is 7.09. The molecule has 0 saturated heterocycles. The van der Waals surface area contributed by atoms with Gasteiger partial charge in [-0.2, -0.15) is 0 Å². The minimum absolute atomic E-state index is 0. The lowest BCUT2D eigenvalue weighted by atomic mass is 10.0. The molecule has 6 aromatic heterocycles. The van der Waals surface area contributed by atoms with Gasteiger partial charge in [-0.25, -0.2) is 35.9 Å². The molecule has 2 amide bonds. The van der Waals surface area contributed by atoms with Crippen LogP contribution >= 0.6 is 44.9 Å². The van der Waals surface area contributed by atoms with Crippen molar-refractivity contribution in [3.05, 3.63) is 180 Å². The number of rotatable bonds is 14. The summed E-state index contributed by atoms with van der Waals surface area (Å²) in [5.41, 5.74) is 14.6. The summed E-state index contributed by atoms with van der Waals surface area (Å²) >= 11 is 11.1. The van der Waals surface area contributed by atoms with Crippen LogP contribution in [0.15, 0.2) is 154 Å². The third kappa shape index (κ3) is 13.0. The van der Waals surface area contributed by atoms with Crippen molar-refractivity contribution in [3.8, 4) is 79.4 Å². The number of amides is 2. The second-order valence-electron chi connectivity index (χ2n) is 20.8. The van der Waals surface area contributed by atoms with Gasteiger partial charge in [0.1, 0.15) is 68.8 Å². The molecular weight excluding hydrogens is 1310 g/mol. The average Bonchev–Trinajstić information content (AvgIpc) is 1.67. The van der Waals surface area contributed by atoms with Crippen LogP contribution in [0.3, 0.4) is 0 Å². The van der Waals surface area contributed by atoms with Gasteiger partial charge in [-0.1, -0.05) is 23.1 Å². The van der Waals surface area contributed by atoms with Gasteiger partial charge in [0.15, 0.2) is 13.5 Å². The zero-order valence-corrected chi connectivity index (χ0v) is 53.0. The SMILES string of the molecule is CNC(=O)c1c(-c2ccc(F)cc2)oc2cc(N)c(-c3ccc4c(n3)-c3cc5c(F)cccc5n3CO4)cc12.CNC(=O)c1c(-c2ccc(F)cc2)oc2cc(NS(=O)(=O)CCCCl)c(-c3ccc4c(n3)-c3cc5c(F)cccc5n3CO4)cc12.ClCCCSCl.O.O. The number of nitrogens with two attached hydrogens (primary N) is 1. The largest absolute Gasteiger partial charge is 0.470 e. The van der Waals surface area contributed by atoms with E-state index in [1.807, 2.05) is 15.2 Å². The topological polar surface area (TPSA) is 274 Å².